The van der Waals surface area contributed by atoms with Crippen molar-refractivity contribution in [2.24, 2.45) is 0 Å². The molecular weight excluding hydrogens is 246 g/mol. The molecule has 1 saturated heterocycles. The highest BCUT2D eigenvalue weighted by Gasteiger charge is 2.20. The van der Waals surface area contributed by atoms with E-state index in [1.54, 1.807) is 0 Å². The number of rotatable bonds is 1. The summed E-state index contributed by atoms with van der Waals surface area (Å²) in [5, 5.41) is 4.71. The van der Waals surface area contributed by atoms with Crippen molar-refractivity contribution in [2.75, 3.05) is 13.1 Å². The maximum atomic E-state index is 5.96. The first-order chi connectivity index (χ1) is 8.27. The van der Waals surface area contributed by atoms with Gasteiger partial charge in [-0.1, -0.05) is 18.2 Å². The molecule has 2 aromatic rings. The fraction of sp³-hybridized carbons (Fsp3) is 0.467. The molecule has 18 heavy (non-hydrogen) atoms. The lowest BCUT2D eigenvalue weighted by Gasteiger charge is -2.22. The van der Waals surface area contributed by atoms with Gasteiger partial charge in [-0.25, -0.2) is 0 Å². The summed E-state index contributed by atoms with van der Waals surface area (Å²) in [6.07, 6.45) is 2.44. The van der Waals surface area contributed by atoms with Crippen LogP contribution in [0.2, 0.25) is 0 Å². The highest BCUT2D eigenvalue weighted by Crippen LogP contribution is 2.34. The molecule has 0 saturated carbocycles. The second-order valence-electron chi connectivity index (χ2n) is 5.03. The number of hydrogen-bond acceptors (Lipinski definition) is 2. The Morgan fingerprint density at radius 2 is 1.89 bits per heavy atom. The lowest BCUT2D eigenvalue weighted by molar-refractivity contribution is 0.456. The SMILES string of the molecule is Cc1oc2c(C3CCNCC3)cccc2c1C.Cl. The van der Waals surface area contributed by atoms with Crippen LogP contribution in [-0.4, -0.2) is 13.1 Å². The third kappa shape index (κ3) is 2.15. The Morgan fingerprint density at radius 3 is 2.61 bits per heavy atom. The van der Waals surface area contributed by atoms with Crippen LogP contribution in [0.4, 0.5) is 0 Å². The molecule has 0 aliphatic carbocycles. The second kappa shape index (κ2) is 5.33. The van der Waals surface area contributed by atoms with Crippen LogP contribution in [-0.2, 0) is 0 Å². The first kappa shape index (κ1) is 13.4. The first-order valence-electron chi connectivity index (χ1n) is 6.46. The van der Waals surface area contributed by atoms with E-state index in [0.29, 0.717) is 5.92 Å². The summed E-state index contributed by atoms with van der Waals surface area (Å²) < 4.78 is 5.96. The molecule has 1 fully saturated rings. The third-order valence-corrected chi connectivity index (χ3v) is 4.01. The van der Waals surface area contributed by atoms with Crippen molar-refractivity contribution in [2.45, 2.75) is 32.6 Å². The van der Waals surface area contributed by atoms with Crippen LogP contribution in [0.15, 0.2) is 22.6 Å². The zero-order valence-electron chi connectivity index (χ0n) is 11.0. The van der Waals surface area contributed by atoms with Crippen LogP contribution < -0.4 is 5.32 Å². The number of aryl methyl sites for hydroxylation is 2. The second-order valence-corrected chi connectivity index (χ2v) is 5.03. The summed E-state index contributed by atoms with van der Waals surface area (Å²) in [5.74, 6) is 1.71. The predicted octanol–water partition coefficient (Wildman–Crippen LogP) is 3.94. The van der Waals surface area contributed by atoms with Gasteiger partial charge in [-0.2, -0.15) is 0 Å². The fourth-order valence-electron chi connectivity index (χ4n) is 2.84. The van der Waals surface area contributed by atoms with Crippen molar-refractivity contribution in [3.05, 3.63) is 35.1 Å². The molecule has 0 radical (unpaired) electrons. The Labute approximate surface area is 114 Å². The van der Waals surface area contributed by atoms with Gasteiger partial charge in [-0.05, 0) is 56.8 Å². The van der Waals surface area contributed by atoms with E-state index in [9.17, 15) is 0 Å². The number of halogens is 1. The quantitative estimate of drug-likeness (QED) is 0.845. The van der Waals surface area contributed by atoms with E-state index in [4.69, 9.17) is 4.42 Å². The Kier molecular flexibility index (Phi) is 3.98. The minimum atomic E-state index is 0. The summed E-state index contributed by atoms with van der Waals surface area (Å²) in [4.78, 5) is 0. The Morgan fingerprint density at radius 1 is 1.17 bits per heavy atom. The average Bonchev–Trinajstić information content (AvgIpc) is 2.67. The Balaban J connectivity index is 0.00000120. The molecule has 2 heterocycles. The van der Waals surface area contributed by atoms with Gasteiger partial charge in [0.2, 0.25) is 0 Å². The van der Waals surface area contributed by atoms with Gasteiger partial charge < -0.3 is 9.73 Å². The zero-order chi connectivity index (χ0) is 11.8. The van der Waals surface area contributed by atoms with Crippen molar-refractivity contribution < 1.29 is 4.42 Å². The molecule has 2 nitrogen and oxygen atoms in total. The Bertz CT molecular complexity index is 541. The van der Waals surface area contributed by atoms with Gasteiger partial charge in [-0.3, -0.25) is 0 Å². The van der Waals surface area contributed by atoms with Crippen LogP contribution >= 0.6 is 12.4 Å². The largest absolute Gasteiger partial charge is 0.461 e. The number of furan rings is 1. The van der Waals surface area contributed by atoms with Gasteiger partial charge in [-0.15, -0.1) is 12.4 Å². The molecule has 0 bridgehead atoms. The predicted molar refractivity (Wildman–Crippen MR) is 77.8 cm³/mol. The normalized spacial score (nSPS) is 16.8. The third-order valence-electron chi connectivity index (χ3n) is 4.01. The fourth-order valence-corrected chi connectivity index (χ4v) is 2.84. The van der Waals surface area contributed by atoms with Crippen LogP contribution in [0.5, 0.6) is 0 Å². The van der Waals surface area contributed by atoms with Gasteiger partial charge in [0, 0.05) is 5.39 Å². The number of nitrogens with one attached hydrogen (secondary N) is 1. The van der Waals surface area contributed by atoms with Gasteiger partial charge in [0.05, 0.1) is 0 Å². The molecule has 0 amide bonds. The van der Waals surface area contributed by atoms with Gasteiger partial charge in [0.25, 0.3) is 0 Å². The standard InChI is InChI=1S/C15H19NO.ClH/c1-10-11(2)17-15-13(10)4-3-5-14(15)12-6-8-16-9-7-12;/h3-5,12,16H,6-9H2,1-2H3;1H. The number of para-hydroxylation sites is 1. The molecule has 3 heteroatoms. The van der Waals surface area contributed by atoms with E-state index in [0.717, 1.165) is 24.4 Å². The van der Waals surface area contributed by atoms with Crippen molar-refractivity contribution in [3.8, 4) is 0 Å². The summed E-state index contributed by atoms with van der Waals surface area (Å²) in [6.45, 7) is 6.45. The molecule has 1 N–H and O–H groups in total. The molecule has 0 unspecified atom stereocenters. The summed E-state index contributed by atoms with van der Waals surface area (Å²) >= 11 is 0. The highest BCUT2D eigenvalue weighted by molar-refractivity contribution is 5.85. The molecule has 1 aromatic carbocycles. The molecule has 3 rings (SSSR count). The van der Waals surface area contributed by atoms with Gasteiger partial charge >= 0.3 is 0 Å². The van der Waals surface area contributed by atoms with Crippen molar-refractivity contribution in [1.82, 2.24) is 5.32 Å². The van der Waals surface area contributed by atoms with Crippen LogP contribution in [0.25, 0.3) is 11.0 Å². The summed E-state index contributed by atoms with van der Waals surface area (Å²) in [5.41, 5.74) is 3.81. The maximum absolute atomic E-state index is 5.96. The van der Waals surface area contributed by atoms with E-state index in [2.05, 4.69) is 37.4 Å². The molecule has 0 atom stereocenters. The Hall–Kier alpha value is -0.990. The number of fused-ring (bicyclic) bond motifs is 1. The number of piperidine rings is 1. The minimum Gasteiger partial charge on any atom is -0.461 e. The minimum absolute atomic E-state index is 0. The van der Waals surface area contributed by atoms with Crippen LogP contribution in [0, 0.1) is 13.8 Å². The lowest BCUT2D eigenvalue weighted by atomic mass is 9.89. The van der Waals surface area contributed by atoms with E-state index < -0.39 is 0 Å². The van der Waals surface area contributed by atoms with E-state index in [1.165, 1.54) is 29.4 Å². The monoisotopic (exact) mass is 265 g/mol. The van der Waals surface area contributed by atoms with Gasteiger partial charge in [0.1, 0.15) is 11.3 Å². The van der Waals surface area contributed by atoms with E-state index in [-0.39, 0.29) is 12.4 Å². The lowest BCUT2D eigenvalue weighted by Crippen LogP contribution is -2.26. The highest BCUT2D eigenvalue weighted by atomic mass is 35.5. The number of hydrogen-bond donors (Lipinski definition) is 1. The topological polar surface area (TPSA) is 25.2 Å². The molecular formula is C15H20ClNO. The summed E-state index contributed by atoms with van der Waals surface area (Å²) in [6, 6.07) is 6.58. The zero-order valence-corrected chi connectivity index (χ0v) is 11.8. The maximum Gasteiger partial charge on any atom is 0.138 e. The first-order valence-corrected chi connectivity index (χ1v) is 6.46. The summed E-state index contributed by atoms with van der Waals surface area (Å²) in [7, 11) is 0. The molecule has 1 aliphatic rings. The molecule has 1 aromatic heterocycles. The number of benzene rings is 1. The average molecular weight is 266 g/mol. The smallest absolute Gasteiger partial charge is 0.138 e. The molecule has 98 valence electrons. The van der Waals surface area contributed by atoms with Gasteiger partial charge in [0.15, 0.2) is 0 Å². The van der Waals surface area contributed by atoms with E-state index >= 15 is 0 Å². The van der Waals surface area contributed by atoms with Crippen molar-refractivity contribution >= 4 is 23.4 Å². The van der Waals surface area contributed by atoms with E-state index in [1.807, 2.05) is 0 Å². The van der Waals surface area contributed by atoms with Crippen molar-refractivity contribution in [1.29, 1.82) is 0 Å². The van der Waals surface area contributed by atoms with Crippen LogP contribution in [0.1, 0.15) is 35.6 Å². The van der Waals surface area contributed by atoms with Crippen molar-refractivity contribution in [3.63, 3.8) is 0 Å². The molecule has 1 aliphatic heterocycles. The van der Waals surface area contributed by atoms with Crippen LogP contribution in [0.3, 0.4) is 0 Å². The molecule has 0 spiro atoms.